The zero-order chi connectivity index (χ0) is 13.8. The van der Waals surface area contributed by atoms with E-state index in [1.54, 1.807) is 0 Å². The molecule has 110 valence electrons. The van der Waals surface area contributed by atoms with Gasteiger partial charge in [0.2, 0.25) is 0 Å². The van der Waals surface area contributed by atoms with Gasteiger partial charge in [-0.25, -0.2) is 0 Å². The molecule has 2 nitrogen and oxygen atoms in total. The van der Waals surface area contributed by atoms with E-state index in [-0.39, 0.29) is 12.1 Å². The first-order valence-electron chi connectivity index (χ1n) is 8.17. The minimum Gasteiger partial charge on any atom is -0.462 e. The third-order valence-electron chi connectivity index (χ3n) is 3.74. The summed E-state index contributed by atoms with van der Waals surface area (Å²) in [5.74, 6) is -0.0158. The molecule has 0 bridgehead atoms. The van der Waals surface area contributed by atoms with Crippen molar-refractivity contribution in [3.8, 4) is 0 Å². The first-order valence-corrected chi connectivity index (χ1v) is 8.17. The van der Waals surface area contributed by atoms with E-state index in [2.05, 4.69) is 19.1 Å². The summed E-state index contributed by atoms with van der Waals surface area (Å²) in [6.07, 6.45) is 18.0. The molecule has 0 aromatic carbocycles. The highest BCUT2D eigenvalue weighted by molar-refractivity contribution is 5.69. The number of allylic oxidation sites excluding steroid dienone is 2. The van der Waals surface area contributed by atoms with Gasteiger partial charge in [0, 0.05) is 6.42 Å². The molecule has 1 rings (SSSR count). The van der Waals surface area contributed by atoms with Crippen molar-refractivity contribution < 1.29 is 9.53 Å². The average molecular weight is 266 g/mol. The third kappa shape index (κ3) is 8.85. The first kappa shape index (κ1) is 16.3. The Kier molecular flexibility index (Phi) is 9.48. The second kappa shape index (κ2) is 11.1. The van der Waals surface area contributed by atoms with Gasteiger partial charge in [-0.05, 0) is 38.5 Å². The Morgan fingerprint density at radius 2 is 1.74 bits per heavy atom. The number of esters is 1. The van der Waals surface area contributed by atoms with E-state index in [1.165, 1.54) is 38.5 Å². The molecule has 1 heterocycles. The van der Waals surface area contributed by atoms with E-state index in [0.29, 0.717) is 6.42 Å². The summed E-state index contributed by atoms with van der Waals surface area (Å²) in [7, 11) is 0. The molecule has 0 saturated carbocycles. The van der Waals surface area contributed by atoms with Crippen LogP contribution in [0.3, 0.4) is 0 Å². The second-order valence-corrected chi connectivity index (χ2v) is 5.61. The van der Waals surface area contributed by atoms with Gasteiger partial charge in [0.25, 0.3) is 0 Å². The van der Waals surface area contributed by atoms with Crippen LogP contribution in [-0.4, -0.2) is 12.1 Å². The van der Waals surface area contributed by atoms with E-state index in [0.717, 1.165) is 32.1 Å². The molecule has 0 radical (unpaired) electrons. The maximum atomic E-state index is 11.7. The second-order valence-electron chi connectivity index (χ2n) is 5.61. The molecule has 1 atom stereocenters. The molecular weight excluding hydrogens is 236 g/mol. The molecule has 1 unspecified atom stereocenters. The largest absolute Gasteiger partial charge is 0.462 e. The van der Waals surface area contributed by atoms with Gasteiger partial charge in [-0.15, -0.1) is 0 Å². The van der Waals surface area contributed by atoms with Gasteiger partial charge in [0.05, 0.1) is 0 Å². The van der Waals surface area contributed by atoms with Crippen molar-refractivity contribution in [3.05, 3.63) is 12.2 Å². The Hall–Kier alpha value is -0.790. The standard InChI is InChI=1S/C17H30O2/c1-2-13-16-14-11-9-7-5-3-4-6-8-10-12-15-17(18)19-16/h8,10,16H,2-7,9,11-15H2,1H3/b10-8-. The zero-order valence-electron chi connectivity index (χ0n) is 12.5. The van der Waals surface area contributed by atoms with Gasteiger partial charge < -0.3 is 4.74 Å². The summed E-state index contributed by atoms with van der Waals surface area (Å²) < 4.78 is 5.59. The molecule has 0 fully saturated rings. The fourth-order valence-electron chi connectivity index (χ4n) is 2.61. The summed E-state index contributed by atoms with van der Waals surface area (Å²) in [4.78, 5) is 11.7. The van der Waals surface area contributed by atoms with Crippen LogP contribution in [0.1, 0.15) is 84.0 Å². The van der Waals surface area contributed by atoms with Crippen LogP contribution < -0.4 is 0 Å². The van der Waals surface area contributed by atoms with Crippen LogP contribution >= 0.6 is 0 Å². The molecule has 19 heavy (non-hydrogen) atoms. The lowest BCUT2D eigenvalue weighted by molar-refractivity contribution is -0.149. The summed E-state index contributed by atoms with van der Waals surface area (Å²) in [5.41, 5.74) is 0. The molecule has 2 heteroatoms. The van der Waals surface area contributed by atoms with Crippen molar-refractivity contribution >= 4 is 5.97 Å². The fraction of sp³-hybridized carbons (Fsp3) is 0.824. The highest BCUT2D eigenvalue weighted by Gasteiger charge is 2.12. The van der Waals surface area contributed by atoms with Crippen LogP contribution in [0, 0.1) is 0 Å². The number of cyclic esters (lactones) is 1. The van der Waals surface area contributed by atoms with Gasteiger partial charge in [-0.1, -0.05) is 51.2 Å². The van der Waals surface area contributed by atoms with Crippen molar-refractivity contribution in [3.63, 3.8) is 0 Å². The van der Waals surface area contributed by atoms with Crippen LogP contribution in [0.4, 0.5) is 0 Å². The monoisotopic (exact) mass is 266 g/mol. The molecule has 1 aliphatic rings. The lowest BCUT2D eigenvalue weighted by Crippen LogP contribution is -2.18. The third-order valence-corrected chi connectivity index (χ3v) is 3.74. The zero-order valence-corrected chi connectivity index (χ0v) is 12.5. The highest BCUT2D eigenvalue weighted by Crippen LogP contribution is 2.16. The van der Waals surface area contributed by atoms with Gasteiger partial charge in [-0.3, -0.25) is 4.79 Å². The van der Waals surface area contributed by atoms with Crippen molar-refractivity contribution in [2.75, 3.05) is 0 Å². The molecule has 0 amide bonds. The molecular formula is C17H30O2. The van der Waals surface area contributed by atoms with E-state index >= 15 is 0 Å². The van der Waals surface area contributed by atoms with E-state index in [9.17, 15) is 4.79 Å². The van der Waals surface area contributed by atoms with Crippen LogP contribution in [0.5, 0.6) is 0 Å². The van der Waals surface area contributed by atoms with E-state index in [4.69, 9.17) is 4.74 Å². The number of carbonyl (C=O) groups excluding carboxylic acids is 1. The Morgan fingerprint density at radius 1 is 1.05 bits per heavy atom. The molecule has 0 spiro atoms. The normalized spacial score (nSPS) is 25.9. The van der Waals surface area contributed by atoms with Crippen molar-refractivity contribution in [1.82, 2.24) is 0 Å². The summed E-state index contributed by atoms with van der Waals surface area (Å²) in [5, 5.41) is 0. The quantitative estimate of drug-likeness (QED) is 0.509. The lowest BCUT2D eigenvalue weighted by Gasteiger charge is -2.17. The smallest absolute Gasteiger partial charge is 0.306 e. The predicted molar refractivity (Wildman–Crippen MR) is 80.1 cm³/mol. The minimum atomic E-state index is -0.0158. The SMILES string of the molecule is CCCC1CCCCCCCC/C=C\CCC(=O)O1. The van der Waals surface area contributed by atoms with Gasteiger partial charge >= 0.3 is 5.97 Å². The Bertz CT molecular complexity index is 258. The Morgan fingerprint density at radius 3 is 2.53 bits per heavy atom. The molecule has 0 aliphatic carbocycles. The highest BCUT2D eigenvalue weighted by atomic mass is 16.5. The molecule has 0 saturated heterocycles. The van der Waals surface area contributed by atoms with Crippen molar-refractivity contribution in [2.24, 2.45) is 0 Å². The van der Waals surface area contributed by atoms with Gasteiger partial charge in [0.1, 0.15) is 6.10 Å². The van der Waals surface area contributed by atoms with E-state index in [1.807, 2.05) is 0 Å². The maximum absolute atomic E-state index is 11.7. The summed E-state index contributed by atoms with van der Waals surface area (Å²) >= 11 is 0. The van der Waals surface area contributed by atoms with Gasteiger partial charge in [-0.2, -0.15) is 0 Å². The van der Waals surface area contributed by atoms with Crippen LogP contribution in [0.2, 0.25) is 0 Å². The lowest BCUT2D eigenvalue weighted by atomic mass is 10.0. The summed E-state index contributed by atoms with van der Waals surface area (Å²) in [6.45, 7) is 2.16. The van der Waals surface area contributed by atoms with Crippen LogP contribution in [0.25, 0.3) is 0 Å². The fourth-order valence-corrected chi connectivity index (χ4v) is 2.61. The predicted octanol–water partition coefficient (Wildman–Crippen LogP) is 5.17. The number of hydrogen-bond acceptors (Lipinski definition) is 2. The number of rotatable bonds is 2. The van der Waals surface area contributed by atoms with Crippen molar-refractivity contribution in [2.45, 2.75) is 90.1 Å². The van der Waals surface area contributed by atoms with Crippen LogP contribution in [-0.2, 0) is 9.53 Å². The topological polar surface area (TPSA) is 26.3 Å². The Labute approximate surface area is 118 Å². The van der Waals surface area contributed by atoms with Crippen molar-refractivity contribution in [1.29, 1.82) is 0 Å². The molecule has 0 N–H and O–H groups in total. The molecule has 0 aromatic rings. The average Bonchev–Trinajstić information content (AvgIpc) is 2.40. The van der Waals surface area contributed by atoms with Crippen LogP contribution in [0.15, 0.2) is 12.2 Å². The van der Waals surface area contributed by atoms with E-state index < -0.39 is 0 Å². The molecule has 0 aromatic heterocycles. The molecule has 1 aliphatic heterocycles. The number of carbonyl (C=O) groups is 1. The minimum absolute atomic E-state index is 0.0158. The summed E-state index contributed by atoms with van der Waals surface area (Å²) in [6, 6.07) is 0. The number of hydrogen-bond donors (Lipinski definition) is 0. The first-order chi connectivity index (χ1) is 9.33. The van der Waals surface area contributed by atoms with Gasteiger partial charge in [0.15, 0.2) is 0 Å². The Balaban J connectivity index is 2.39. The number of ether oxygens (including phenoxy) is 1. The maximum Gasteiger partial charge on any atom is 0.306 e.